The Bertz CT molecular complexity index is 718. The van der Waals surface area contributed by atoms with Crippen LogP contribution in [0.3, 0.4) is 0 Å². The van der Waals surface area contributed by atoms with Gasteiger partial charge in [-0.2, -0.15) is 13.2 Å². The normalized spacial score (nSPS) is 12.5. The Hall–Kier alpha value is -2.24. The molecular formula is C18H14F6. The Kier molecular flexibility index (Phi) is 5.36. The largest absolute Gasteiger partial charge is 0.412 e. The number of hydrogen-bond donors (Lipinski definition) is 0. The lowest BCUT2D eigenvalue weighted by molar-refractivity contribution is -0.0798. The van der Waals surface area contributed by atoms with E-state index in [0.717, 1.165) is 30.5 Å². The number of alkyl halides is 3. The van der Waals surface area contributed by atoms with Crippen molar-refractivity contribution in [3.05, 3.63) is 65.2 Å². The summed E-state index contributed by atoms with van der Waals surface area (Å²) < 4.78 is 77.8. The van der Waals surface area contributed by atoms with Crippen LogP contribution in [-0.2, 0) is 6.42 Å². The van der Waals surface area contributed by atoms with E-state index in [0.29, 0.717) is 5.56 Å². The molecule has 0 N–H and O–H groups in total. The van der Waals surface area contributed by atoms with E-state index < -0.39 is 35.3 Å². The first kappa shape index (κ1) is 18.1. The van der Waals surface area contributed by atoms with Crippen molar-refractivity contribution >= 4 is 5.83 Å². The molecule has 0 aliphatic carbocycles. The number of benzene rings is 2. The van der Waals surface area contributed by atoms with E-state index in [1.807, 2.05) is 6.92 Å². The number of allylic oxidation sites excluding steroid dienone is 1. The van der Waals surface area contributed by atoms with Crippen LogP contribution >= 0.6 is 0 Å². The summed E-state index contributed by atoms with van der Waals surface area (Å²) in [5.74, 6) is -4.77. The first-order chi connectivity index (χ1) is 11.2. The molecule has 0 heterocycles. The minimum absolute atomic E-state index is 0.122. The third-order valence-electron chi connectivity index (χ3n) is 3.40. The van der Waals surface area contributed by atoms with Crippen LogP contribution in [0.25, 0.3) is 17.0 Å². The molecule has 6 heteroatoms. The SMILES string of the molecule is CCCc1ccc(-c2cc(F)c(/C(F)=C/C(F)(F)F)c(F)c2)cc1. The second-order valence-corrected chi connectivity index (χ2v) is 5.30. The molecule has 0 nitrogen and oxygen atoms in total. The molecule has 2 aromatic carbocycles. The van der Waals surface area contributed by atoms with Gasteiger partial charge in [-0.3, -0.25) is 0 Å². The molecule has 0 atom stereocenters. The highest BCUT2D eigenvalue weighted by Gasteiger charge is 2.27. The summed E-state index contributed by atoms with van der Waals surface area (Å²) in [6, 6.07) is 8.54. The molecule has 24 heavy (non-hydrogen) atoms. The van der Waals surface area contributed by atoms with Crippen molar-refractivity contribution in [1.29, 1.82) is 0 Å². The van der Waals surface area contributed by atoms with Gasteiger partial charge in [0.25, 0.3) is 0 Å². The van der Waals surface area contributed by atoms with Crippen LogP contribution in [0.1, 0.15) is 24.5 Å². The summed E-state index contributed by atoms with van der Waals surface area (Å²) in [6.45, 7) is 2.01. The Labute approximate surface area is 135 Å². The van der Waals surface area contributed by atoms with Gasteiger partial charge in [-0.05, 0) is 35.2 Å². The maximum Gasteiger partial charge on any atom is 0.412 e. The quantitative estimate of drug-likeness (QED) is 0.559. The van der Waals surface area contributed by atoms with Crippen molar-refractivity contribution < 1.29 is 26.3 Å². The van der Waals surface area contributed by atoms with Gasteiger partial charge in [0.15, 0.2) is 0 Å². The Morgan fingerprint density at radius 1 is 0.958 bits per heavy atom. The predicted octanol–water partition coefficient (Wildman–Crippen LogP) is 6.46. The highest BCUT2D eigenvalue weighted by atomic mass is 19.4. The van der Waals surface area contributed by atoms with Crippen LogP contribution in [0.4, 0.5) is 26.3 Å². The van der Waals surface area contributed by atoms with Crippen molar-refractivity contribution in [3.8, 4) is 11.1 Å². The standard InChI is InChI=1S/C18H14F6/c1-2-3-11-4-6-12(7-5-11)13-8-14(19)17(15(20)9-13)16(21)10-18(22,23)24/h4-10H,2-3H2,1H3/b16-10-. The van der Waals surface area contributed by atoms with E-state index in [4.69, 9.17) is 0 Å². The highest BCUT2D eigenvalue weighted by molar-refractivity contribution is 5.69. The number of rotatable bonds is 4. The van der Waals surface area contributed by atoms with Crippen LogP contribution in [0.15, 0.2) is 42.5 Å². The van der Waals surface area contributed by atoms with Gasteiger partial charge in [0, 0.05) is 0 Å². The zero-order valence-corrected chi connectivity index (χ0v) is 12.7. The molecule has 2 aromatic rings. The smallest absolute Gasteiger partial charge is 0.206 e. The minimum Gasteiger partial charge on any atom is -0.206 e. The fourth-order valence-corrected chi connectivity index (χ4v) is 2.34. The zero-order chi connectivity index (χ0) is 17.9. The molecule has 128 valence electrons. The van der Waals surface area contributed by atoms with Gasteiger partial charge in [0.1, 0.15) is 17.5 Å². The van der Waals surface area contributed by atoms with Crippen molar-refractivity contribution in [1.82, 2.24) is 0 Å². The lowest BCUT2D eigenvalue weighted by Gasteiger charge is -2.09. The summed E-state index contributed by atoms with van der Waals surface area (Å²) in [5.41, 5.74) is 0.340. The van der Waals surface area contributed by atoms with Gasteiger partial charge in [-0.25, -0.2) is 13.2 Å². The van der Waals surface area contributed by atoms with E-state index in [1.165, 1.54) is 0 Å². The molecule has 0 unspecified atom stereocenters. The predicted molar refractivity (Wildman–Crippen MR) is 80.9 cm³/mol. The second kappa shape index (κ2) is 7.11. The van der Waals surface area contributed by atoms with Crippen molar-refractivity contribution in [3.63, 3.8) is 0 Å². The fraction of sp³-hybridized carbons (Fsp3) is 0.222. The maximum absolute atomic E-state index is 13.9. The van der Waals surface area contributed by atoms with Crippen molar-refractivity contribution in [2.45, 2.75) is 25.9 Å². The van der Waals surface area contributed by atoms with Crippen molar-refractivity contribution in [2.24, 2.45) is 0 Å². The Balaban J connectivity index is 2.41. The summed E-state index contributed by atoms with van der Waals surface area (Å²) in [7, 11) is 0. The first-order valence-electron chi connectivity index (χ1n) is 7.25. The molecule has 0 amide bonds. The third kappa shape index (κ3) is 4.40. The maximum atomic E-state index is 13.9. The van der Waals surface area contributed by atoms with E-state index in [2.05, 4.69) is 0 Å². The molecule has 2 rings (SSSR count). The summed E-state index contributed by atoms with van der Waals surface area (Å²) in [5, 5.41) is 0. The van der Waals surface area contributed by atoms with E-state index in [1.54, 1.807) is 24.3 Å². The van der Waals surface area contributed by atoms with Gasteiger partial charge in [0.2, 0.25) is 0 Å². The Morgan fingerprint density at radius 2 is 1.50 bits per heavy atom. The molecule has 0 aliphatic rings. The molecule has 0 radical (unpaired) electrons. The van der Waals surface area contributed by atoms with Crippen LogP contribution in [-0.4, -0.2) is 6.18 Å². The van der Waals surface area contributed by atoms with Crippen LogP contribution < -0.4 is 0 Å². The molecule has 0 saturated heterocycles. The third-order valence-corrected chi connectivity index (χ3v) is 3.40. The van der Waals surface area contributed by atoms with E-state index in [-0.39, 0.29) is 5.56 Å². The number of hydrogen-bond acceptors (Lipinski definition) is 0. The first-order valence-corrected chi connectivity index (χ1v) is 7.25. The topological polar surface area (TPSA) is 0 Å². The Morgan fingerprint density at radius 3 is 1.96 bits per heavy atom. The lowest BCUT2D eigenvalue weighted by Crippen LogP contribution is -2.03. The van der Waals surface area contributed by atoms with Gasteiger partial charge >= 0.3 is 6.18 Å². The lowest BCUT2D eigenvalue weighted by atomic mass is 10.00. The molecule has 0 aliphatic heterocycles. The van der Waals surface area contributed by atoms with Crippen LogP contribution in [0, 0.1) is 11.6 Å². The highest BCUT2D eigenvalue weighted by Crippen LogP contribution is 2.31. The van der Waals surface area contributed by atoms with E-state index in [9.17, 15) is 26.3 Å². The molecule has 0 saturated carbocycles. The summed E-state index contributed by atoms with van der Waals surface area (Å²) >= 11 is 0. The van der Waals surface area contributed by atoms with E-state index >= 15 is 0 Å². The summed E-state index contributed by atoms with van der Waals surface area (Å²) in [4.78, 5) is 0. The van der Waals surface area contributed by atoms with Gasteiger partial charge in [-0.15, -0.1) is 0 Å². The summed E-state index contributed by atoms with van der Waals surface area (Å²) in [6.07, 6.45) is -3.97. The number of aryl methyl sites for hydroxylation is 1. The van der Waals surface area contributed by atoms with Gasteiger partial charge in [0.05, 0.1) is 11.6 Å². The number of halogens is 6. The molecule has 0 fully saturated rings. The molecule has 0 aromatic heterocycles. The average Bonchev–Trinajstić information content (AvgIpc) is 2.45. The van der Waals surface area contributed by atoms with Gasteiger partial charge < -0.3 is 0 Å². The van der Waals surface area contributed by atoms with Crippen LogP contribution in [0.2, 0.25) is 0 Å². The minimum atomic E-state index is -5.00. The fourth-order valence-electron chi connectivity index (χ4n) is 2.34. The van der Waals surface area contributed by atoms with Gasteiger partial charge in [-0.1, -0.05) is 37.6 Å². The second-order valence-electron chi connectivity index (χ2n) is 5.30. The average molecular weight is 344 g/mol. The molecule has 0 spiro atoms. The monoisotopic (exact) mass is 344 g/mol. The zero-order valence-electron chi connectivity index (χ0n) is 12.7. The van der Waals surface area contributed by atoms with Crippen LogP contribution in [0.5, 0.6) is 0 Å². The molecular weight excluding hydrogens is 330 g/mol. The molecule has 0 bridgehead atoms. The van der Waals surface area contributed by atoms with Crippen molar-refractivity contribution in [2.75, 3.05) is 0 Å².